The summed E-state index contributed by atoms with van der Waals surface area (Å²) < 4.78 is 5.77. The van der Waals surface area contributed by atoms with Gasteiger partial charge in [-0.1, -0.05) is 30.3 Å². The molecule has 1 aliphatic carbocycles. The van der Waals surface area contributed by atoms with Crippen LogP contribution >= 0.6 is 0 Å². The summed E-state index contributed by atoms with van der Waals surface area (Å²) in [5.41, 5.74) is 1.33. The largest absolute Gasteiger partial charge is 0.390 e. The first-order valence-corrected chi connectivity index (χ1v) is 8.94. The van der Waals surface area contributed by atoms with Crippen LogP contribution in [0.5, 0.6) is 0 Å². The lowest BCUT2D eigenvalue weighted by molar-refractivity contribution is -0.0782. The van der Waals surface area contributed by atoms with Crippen molar-refractivity contribution in [3.8, 4) is 0 Å². The first-order chi connectivity index (χ1) is 11.1. The van der Waals surface area contributed by atoms with E-state index in [1.807, 2.05) is 0 Å². The zero-order valence-corrected chi connectivity index (χ0v) is 14.4. The molecule has 1 aromatic carbocycles. The van der Waals surface area contributed by atoms with Crippen molar-refractivity contribution in [1.29, 1.82) is 0 Å². The number of β-amino-alcohol motifs (C(OH)–C–C–N with tert-alkyl or cyclic N) is 1. The van der Waals surface area contributed by atoms with Crippen LogP contribution < -0.4 is 0 Å². The summed E-state index contributed by atoms with van der Waals surface area (Å²) >= 11 is 0. The van der Waals surface area contributed by atoms with Gasteiger partial charge in [0.2, 0.25) is 0 Å². The second-order valence-electron chi connectivity index (χ2n) is 7.28. The maximum atomic E-state index is 10.6. The molecule has 2 aliphatic rings. The van der Waals surface area contributed by atoms with Crippen molar-refractivity contribution in [2.45, 2.75) is 57.6 Å². The zero-order valence-electron chi connectivity index (χ0n) is 14.4. The van der Waals surface area contributed by atoms with Crippen LogP contribution in [0.1, 0.15) is 32.3 Å². The van der Waals surface area contributed by atoms with E-state index < -0.39 is 0 Å². The number of hydrogen-bond donors (Lipinski definition) is 1. The van der Waals surface area contributed by atoms with Gasteiger partial charge in [0.15, 0.2) is 0 Å². The summed E-state index contributed by atoms with van der Waals surface area (Å²) in [6, 6.07) is 11.2. The van der Waals surface area contributed by atoms with Crippen LogP contribution in [0, 0.1) is 0 Å². The van der Waals surface area contributed by atoms with Gasteiger partial charge in [0.25, 0.3) is 0 Å². The third-order valence-electron chi connectivity index (χ3n) is 4.70. The Bertz CT molecular complexity index is 468. The van der Waals surface area contributed by atoms with E-state index >= 15 is 0 Å². The van der Waals surface area contributed by atoms with E-state index in [4.69, 9.17) is 4.74 Å². The number of benzene rings is 1. The zero-order chi connectivity index (χ0) is 16.2. The maximum absolute atomic E-state index is 10.6. The Balaban J connectivity index is 1.51. The van der Waals surface area contributed by atoms with Crippen molar-refractivity contribution < 1.29 is 9.84 Å². The normalized spacial score (nSPS) is 27.3. The maximum Gasteiger partial charge on any atom is 0.0794 e. The fourth-order valence-electron chi connectivity index (χ4n) is 3.66. The predicted molar refractivity (Wildman–Crippen MR) is 92.3 cm³/mol. The highest BCUT2D eigenvalue weighted by Crippen LogP contribution is 2.28. The number of hydrogen-bond acceptors (Lipinski definition) is 4. The van der Waals surface area contributed by atoms with Gasteiger partial charge in [-0.3, -0.25) is 9.80 Å². The lowest BCUT2D eigenvalue weighted by Gasteiger charge is -2.37. The SMILES string of the molecule is CC1CN(CC(O)CN(Cc2ccccc2)C2CC2)CC(C)O1. The van der Waals surface area contributed by atoms with Crippen LogP contribution in [-0.2, 0) is 11.3 Å². The molecule has 3 rings (SSSR count). The Morgan fingerprint density at radius 3 is 2.43 bits per heavy atom. The smallest absolute Gasteiger partial charge is 0.0794 e. The molecular formula is C19H30N2O2. The van der Waals surface area contributed by atoms with Crippen molar-refractivity contribution in [1.82, 2.24) is 9.80 Å². The van der Waals surface area contributed by atoms with E-state index in [2.05, 4.69) is 54.0 Å². The van der Waals surface area contributed by atoms with Crippen LogP contribution in [0.25, 0.3) is 0 Å². The van der Waals surface area contributed by atoms with E-state index in [0.29, 0.717) is 6.04 Å². The first-order valence-electron chi connectivity index (χ1n) is 8.94. The van der Waals surface area contributed by atoms with Crippen LogP contribution in [0.3, 0.4) is 0 Å². The molecule has 1 heterocycles. The van der Waals surface area contributed by atoms with Crippen molar-refractivity contribution in [3.05, 3.63) is 35.9 Å². The third kappa shape index (κ3) is 5.28. The van der Waals surface area contributed by atoms with Gasteiger partial charge >= 0.3 is 0 Å². The van der Waals surface area contributed by atoms with E-state index in [9.17, 15) is 5.11 Å². The molecule has 1 N–H and O–H groups in total. The van der Waals surface area contributed by atoms with Crippen LogP contribution in [0.4, 0.5) is 0 Å². The number of ether oxygens (including phenoxy) is 1. The molecule has 3 unspecified atom stereocenters. The quantitative estimate of drug-likeness (QED) is 0.835. The minimum atomic E-state index is -0.295. The fraction of sp³-hybridized carbons (Fsp3) is 0.684. The molecule has 128 valence electrons. The van der Waals surface area contributed by atoms with Crippen molar-refractivity contribution in [2.24, 2.45) is 0 Å². The second-order valence-corrected chi connectivity index (χ2v) is 7.28. The summed E-state index contributed by atoms with van der Waals surface area (Å²) in [4.78, 5) is 4.80. The predicted octanol–water partition coefficient (Wildman–Crippen LogP) is 2.12. The van der Waals surface area contributed by atoms with Gasteiger partial charge in [-0.25, -0.2) is 0 Å². The van der Waals surface area contributed by atoms with E-state index in [0.717, 1.165) is 32.7 Å². The van der Waals surface area contributed by atoms with Crippen LogP contribution in [0.15, 0.2) is 30.3 Å². The molecule has 1 saturated carbocycles. The average molecular weight is 318 g/mol. The van der Waals surface area contributed by atoms with Gasteiger partial charge in [0.05, 0.1) is 18.3 Å². The highest BCUT2D eigenvalue weighted by molar-refractivity contribution is 5.15. The monoisotopic (exact) mass is 318 g/mol. The molecule has 23 heavy (non-hydrogen) atoms. The van der Waals surface area contributed by atoms with E-state index in [1.165, 1.54) is 18.4 Å². The van der Waals surface area contributed by atoms with Gasteiger partial charge in [0.1, 0.15) is 0 Å². The second kappa shape index (κ2) is 7.75. The molecule has 1 saturated heterocycles. The topological polar surface area (TPSA) is 35.9 Å². The third-order valence-corrected chi connectivity index (χ3v) is 4.70. The highest BCUT2D eigenvalue weighted by atomic mass is 16.5. The molecule has 0 radical (unpaired) electrons. The number of rotatable bonds is 7. The summed E-state index contributed by atoms with van der Waals surface area (Å²) in [6.07, 6.45) is 2.76. The summed E-state index contributed by atoms with van der Waals surface area (Å²) in [7, 11) is 0. The lowest BCUT2D eigenvalue weighted by Crippen LogP contribution is -2.49. The molecule has 1 aromatic rings. The molecule has 1 aliphatic heterocycles. The Morgan fingerprint density at radius 1 is 1.17 bits per heavy atom. The number of aliphatic hydroxyl groups is 1. The summed E-state index contributed by atoms with van der Waals surface area (Å²) in [5.74, 6) is 0. The lowest BCUT2D eigenvalue weighted by atomic mass is 10.1. The highest BCUT2D eigenvalue weighted by Gasteiger charge is 2.31. The van der Waals surface area contributed by atoms with Crippen LogP contribution in [-0.4, -0.2) is 65.4 Å². The summed E-state index contributed by atoms with van der Waals surface area (Å²) in [5, 5.41) is 10.6. The Kier molecular flexibility index (Phi) is 5.70. The molecule has 0 spiro atoms. The van der Waals surface area contributed by atoms with Crippen molar-refractivity contribution >= 4 is 0 Å². The van der Waals surface area contributed by atoms with E-state index in [1.54, 1.807) is 0 Å². The van der Waals surface area contributed by atoms with E-state index in [-0.39, 0.29) is 18.3 Å². The average Bonchev–Trinajstić information content (AvgIpc) is 3.31. The minimum Gasteiger partial charge on any atom is -0.390 e. The van der Waals surface area contributed by atoms with Crippen LogP contribution in [0.2, 0.25) is 0 Å². The van der Waals surface area contributed by atoms with Gasteiger partial charge in [-0.15, -0.1) is 0 Å². The van der Waals surface area contributed by atoms with Crippen molar-refractivity contribution in [3.63, 3.8) is 0 Å². The van der Waals surface area contributed by atoms with Gasteiger partial charge in [-0.2, -0.15) is 0 Å². The number of nitrogens with zero attached hydrogens (tertiary/aromatic N) is 2. The Hall–Kier alpha value is -0.940. The molecule has 4 nitrogen and oxygen atoms in total. The molecule has 3 atom stereocenters. The van der Waals surface area contributed by atoms with Crippen molar-refractivity contribution in [2.75, 3.05) is 26.2 Å². The minimum absolute atomic E-state index is 0.259. The molecular weight excluding hydrogens is 288 g/mol. The standard InChI is InChI=1S/C19H30N2O2/c1-15-10-20(11-16(2)23-15)13-19(22)14-21(18-8-9-18)12-17-6-4-3-5-7-17/h3-7,15-16,18-19,22H,8-14H2,1-2H3. The molecule has 0 aromatic heterocycles. The summed E-state index contributed by atoms with van der Waals surface area (Å²) in [6.45, 7) is 8.52. The Morgan fingerprint density at radius 2 is 1.83 bits per heavy atom. The number of morpholine rings is 1. The molecule has 4 heteroatoms. The molecule has 0 bridgehead atoms. The van der Waals surface area contributed by atoms with Gasteiger partial charge < -0.3 is 9.84 Å². The Labute approximate surface area is 140 Å². The van der Waals surface area contributed by atoms with Gasteiger partial charge in [0, 0.05) is 38.8 Å². The van der Waals surface area contributed by atoms with Gasteiger partial charge in [-0.05, 0) is 32.3 Å². The molecule has 2 fully saturated rings. The fourth-order valence-corrected chi connectivity index (χ4v) is 3.66. The first kappa shape index (κ1) is 16.9. The number of aliphatic hydroxyl groups excluding tert-OH is 1. The molecule has 0 amide bonds.